The molecular formula is C20H21NO4. The molecule has 0 saturated carbocycles. The molecule has 0 fully saturated rings. The van der Waals surface area contributed by atoms with Crippen molar-refractivity contribution in [2.45, 2.75) is 32.5 Å². The number of hydrogen-bond acceptors (Lipinski definition) is 3. The molecular weight excluding hydrogens is 318 g/mol. The molecule has 25 heavy (non-hydrogen) atoms. The Morgan fingerprint density at radius 2 is 1.92 bits per heavy atom. The summed E-state index contributed by atoms with van der Waals surface area (Å²) in [6, 6.07) is 14.1. The largest absolute Gasteiger partial charge is 0.480 e. The Bertz CT molecular complexity index is 773. The molecule has 2 aromatic rings. The van der Waals surface area contributed by atoms with Gasteiger partial charge in [0.05, 0.1) is 13.2 Å². The van der Waals surface area contributed by atoms with Gasteiger partial charge in [-0.2, -0.15) is 0 Å². The van der Waals surface area contributed by atoms with Crippen molar-refractivity contribution in [2.24, 2.45) is 0 Å². The van der Waals surface area contributed by atoms with Crippen molar-refractivity contribution in [2.75, 3.05) is 6.61 Å². The van der Waals surface area contributed by atoms with Gasteiger partial charge >= 0.3 is 5.97 Å². The average Bonchev–Trinajstić information content (AvgIpc) is 2.65. The predicted octanol–water partition coefficient (Wildman–Crippen LogP) is 2.87. The third-order valence-corrected chi connectivity index (χ3v) is 4.55. The lowest BCUT2D eigenvalue weighted by Gasteiger charge is -2.29. The quantitative estimate of drug-likeness (QED) is 0.909. The molecule has 2 aromatic carbocycles. The Morgan fingerprint density at radius 1 is 1.16 bits per heavy atom. The van der Waals surface area contributed by atoms with Crippen LogP contribution >= 0.6 is 0 Å². The summed E-state index contributed by atoms with van der Waals surface area (Å²) in [7, 11) is 0. The van der Waals surface area contributed by atoms with Crippen LogP contribution in [0.1, 0.15) is 34.0 Å². The lowest BCUT2D eigenvalue weighted by atomic mass is 9.96. The first-order valence-electron chi connectivity index (χ1n) is 8.34. The highest BCUT2D eigenvalue weighted by Crippen LogP contribution is 2.24. The Morgan fingerprint density at radius 3 is 2.64 bits per heavy atom. The number of ether oxygens (including phenoxy) is 1. The van der Waals surface area contributed by atoms with Crippen molar-refractivity contribution in [1.29, 1.82) is 0 Å². The number of rotatable bonds is 5. The van der Waals surface area contributed by atoms with Crippen molar-refractivity contribution in [3.63, 3.8) is 0 Å². The van der Waals surface area contributed by atoms with Gasteiger partial charge < -0.3 is 14.7 Å². The molecule has 1 amide bonds. The van der Waals surface area contributed by atoms with Gasteiger partial charge in [-0.05, 0) is 36.1 Å². The molecule has 1 N–H and O–H groups in total. The molecule has 0 aliphatic carbocycles. The zero-order valence-corrected chi connectivity index (χ0v) is 14.1. The summed E-state index contributed by atoms with van der Waals surface area (Å²) in [4.78, 5) is 26.1. The van der Waals surface area contributed by atoms with Crippen LogP contribution in [0.15, 0.2) is 48.5 Å². The standard InChI is InChI=1S/C20H21NO4/c1-14(20(23)24)21(12-15-6-3-2-4-7-15)19(22)17-9-5-8-16-10-11-25-13-18(16)17/h2-9,14H,10-13H2,1H3,(H,23,24). The zero-order valence-electron chi connectivity index (χ0n) is 14.1. The molecule has 0 spiro atoms. The van der Waals surface area contributed by atoms with Crippen LogP contribution in [-0.2, 0) is 29.1 Å². The van der Waals surface area contributed by atoms with Crippen molar-refractivity contribution in [3.8, 4) is 0 Å². The number of amides is 1. The van der Waals surface area contributed by atoms with Crippen molar-refractivity contribution >= 4 is 11.9 Å². The van der Waals surface area contributed by atoms with Gasteiger partial charge in [0.15, 0.2) is 0 Å². The fourth-order valence-corrected chi connectivity index (χ4v) is 3.05. The summed E-state index contributed by atoms with van der Waals surface area (Å²) in [5.41, 5.74) is 3.39. The summed E-state index contributed by atoms with van der Waals surface area (Å²) >= 11 is 0. The van der Waals surface area contributed by atoms with Crippen LogP contribution in [0.2, 0.25) is 0 Å². The van der Waals surface area contributed by atoms with E-state index >= 15 is 0 Å². The summed E-state index contributed by atoms with van der Waals surface area (Å²) in [5, 5.41) is 9.45. The number of carbonyl (C=O) groups excluding carboxylic acids is 1. The minimum atomic E-state index is -1.02. The molecule has 1 heterocycles. The minimum Gasteiger partial charge on any atom is -0.480 e. The molecule has 0 bridgehead atoms. The van der Waals surface area contributed by atoms with Crippen molar-refractivity contribution < 1.29 is 19.4 Å². The molecule has 0 radical (unpaired) electrons. The molecule has 1 aliphatic heterocycles. The van der Waals surface area contributed by atoms with Crippen molar-refractivity contribution in [3.05, 3.63) is 70.8 Å². The number of carboxylic acids is 1. The van der Waals surface area contributed by atoms with Crippen LogP contribution in [0.5, 0.6) is 0 Å². The Hall–Kier alpha value is -2.66. The predicted molar refractivity (Wildman–Crippen MR) is 93.2 cm³/mol. The lowest BCUT2D eigenvalue weighted by Crippen LogP contribution is -2.43. The molecule has 130 valence electrons. The molecule has 3 rings (SSSR count). The van der Waals surface area contributed by atoms with E-state index in [1.54, 1.807) is 6.07 Å². The first-order chi connectivity index (χ1) is 12.1. The summed E-state index contributed by atoms with van der Waals surface area (Å²) in [6.45, 7) is 2.81. The van der Waals surface area contributed by atoms with E-state index in [9.17, 15) is 14.7 Å². The van der Waals surface area contributed by atoms with Gasteiger partial charge in [-0.15, -0.1) is 0 Å². The van der Waals surface area contributed by atoms with Gasteiger partial charge in [0, 0.05) is 12.1 Å². The fraction of sp³-hybridized carbons (Fsp3) is 0.300. The first kappa shape index (κ1) is 17.2. The van der Waals surface area contributed by atoms with E-state index in [1.807, 2.05) is 42.5 Å². The summed E-state index contributed by atoms with van der Waals surface area (Å²) in [5.74, 6) is -1.30. The van der Waals surface area contributed by atoms with Crippen LogP contribution in [0.25, 0.3) is 0 Å². The summed E-state index contributed by atoms with van der Waals surface area (Å²) < 4.78 is 5.51. The monoisotopic (exact) mass is 339 g/mol. The number of fused-ring (bicyclic) bond motifs is 1. The van der Waals surface area contributed by atoms with E-state index in [0.29, 0.717) is 18.8 Å². The topological polar surface area (TPSA) is 66.8 Å². The molecule has 1 unspecified atom stereocenters. The first-order valence-corrected chi connectivity index (χ1v) is 8.34. The molecule has 0 aromatic heterocycles. The number of carboxylic acid groups (broad SMARTS) is 1. The minimum absolute atomic E-state index is 0.248. The van der Waals surface area contributed by atoms with E-state index in [0.717, 1.165) is 23.1 Å². The van der Waals surface area contributed by atoms with Gasteiger partial charge in [0.25, 0.3) is 5.91 Å². The maximum absolute atomic E-state index is 13.2. The van der Waals surface area contributed by atoms with Gasteiger partial charge in [0.1, 0.15) is 6.04 Å². The third-order valence-electron chi connectivity index (χ3n) is 4.55. The van der Waals surface area contributed by atoms with Crippen LogP contribution in [-0.4, -0.2) is 34.5 Å². The van der Waals surface area contributed by atoms with Crippen LogP contribution in [0.4, 0.5) is 0 Å². The fourth-order valence-electron chi connectivity index (χ4n) is 3.05. The Kier molecular flexibility index (Phi) is 5.14. The maximum atomic E-state index is 13.2. The van der Waals surface area contributed by atoms with Crippen molar-refractivity contribution in [1.82, 2.24) is 4.90 Å². The van der Waals surface area contributed by atoms with Crippen LogP contribution in [0.3, 0.4) is 0 Å². The highest BCUT2D eigenvalue weighted by Gasteiger charge is 2.29. The van der Waals surface area contributed by atoms with Gasteiger partial charge in [-0.1, -0.05) is 42.5 Å². The second kappa shape index (κ2) is 7.49. The van der Waals surface area contributed by atoms with E-state index in [-0.39, 0.29) is 12.5 Å². The second-order valence-electron chi connectivity index (χ2n) is 6.18. The Labute approximate surface area is 146 Å². The highest BCUT2D eigenvalue weighted by atomic mass is 16.5. The maximum Gasteiger partial charge on any atom is 0.326 e. The Balaban J connectivity index is 1.95. The highest BCUT2D eigenvalue weighted by molar-refractivity contribution is 5.98. The molecule has 1 aliphatic rings. The zero-order chi connectivity index (χ0) is 17.8. The third kappa shape index (κ3) is 3.72. The number of aliphatic carboxylic acids is 1. The van der Waals surface area contributed by atoms with Gasteiger partial charge in [-0.3, -0.25) is 4.79 Å². The van der Waals surface area contributed by atoms with Gasteiger partial charge in [0.2, 0.25) is 0 Å². The van der Waals surface area contributed by atoms with E-state index in [2.05, 4.69) is 0 Å². The molecule has 1 atom stereocenters. The van der Waals surface area contributed by atoms with E-state index < -0.39 is 12.0 Å². The molecule has 5 nitrogen and oxygen atoms in total. The normalized spacial score (nSPS) is 14.4. The van der Waals surface area contributed by atoms with E-state index in [4.69, 9.17) is 4.74 Å². The smallest absolute Gasteiger partial charge is 0.326 e. The second-order valence-corrected chi connectivity index (χ2v) is 6.18. The molecule has 5 heteroatoms. The summed E-state index contributed by atoms with van der Waals surface area (Å²) in [6.07, 6.45) is 0.767. The number of hydrogen-bond donors (Lipinski definition) is 1. The van der Waals surface area contributed by atoms with Gasteiger partial charge in [-0.25, -0.2) is 4.79 Å². The average molecular weight is 339 g/mol. The number of benzene rings is 2. The van der Waals surface area contributed by atoms with Crippen LogP contribution in [0, 0.1) is 0 Å². The number of carbonyl (C=O) groups is 2. The SMILES string of the molecule is CC(C(=O)O)N(Cc1ccccc1)C(=O)c1cccc2c1COCC2. The van der Waals surface area contributed by atoms with E-state index in [1.165, 1.54) is 11.8 Å². The van der Waals surface area contributed by atoms with Crippen LogP contribution < -0.4 is 0 Å². The molecule has 0 saturated heterocycles. The lowest BCUT2D eigenvalue weighted by molar-refractivity contribution is -0.141. The number of nitrogens with zero attached hydrogens (tertiary/aromatic N) is 1.